The van der Waals surface area contributed by atoms with Crippen LogP contribution in [0.5, 0.6) is 5.75 Å². The molecule has 2 amide bonds. The number of carbonyl (C=O) groups excluding carboxylic acids is 2. The van der Waals surface area contributed by atoms with Crippen molar-refractivity contribution in [1.29, 1.82) is 0 Å². The lowest BCUT2D eigenvalue weighted by atomic mass is 10.1. The largest absolute Gasteiger partial charge is 0.482 e. The van der Waals surface area contributed by atoms with Gasteiger partial charge in [-0.1, -0.05) is 0 Å². The Morgan fingerprint density at radius 3 is 3.00 bits per heavy atom. The molecule has 0 aliphatic carbocycles. The molecule has 112 valence electrons. The molecule has 0 atom stereocenters. The van der Waals surface area contributed by atoms with Gasteiger partial charge in [-0.05, 0) is 42.8 Å². The van der Waals surface area contributed by atoms with Crippen LogP contribution < -0.4 is 15.5 Å². The summed E-state index contributed by atoms with van der Waals surface area (Å²) in [4.78, 5) is 23.0. The van der Waals surface area contributed by atoms with Gasteiger partial charge in [-0.3, -0.25) is 9.59 Å². The summed E-state index contributed by atoms with van der Waals surface area (Å²) in [5, 5.41) is 6.74. The van der Waals surface area contributed by atoms with Gasteiger partial charge in [0.15, 0.2) is 12.4 Å². The molecule has 1 aliphatic heterocycles. The van der Waals surface area contributed by atoms with Crippen LogP contribution in [0.1, 0.15) is 23.0 Å². The summed E-state index contributed by atoms with van der Waals surface area (Å²) in [5.74, 6) is 0.155. The van der Waals surface area contributed by atoms with Crippen molar-refractivity contribution in [3.05, 3.63) is 47.9 Å². The van der Waals surface area contributed by atoms with Crippen molar-refractivity contribution in [3.63, 3.8) is 0 Å². The first-order chi connectivity index (χ1) is 10.6. The zero-order chi connectivity index (χ0) is 15.5. The van der Waals surface area contributed by atoms with Crippen LogP contribution in [-0.4, -0.2) is 24.1 Å². The molecular weight excluding hydrogens is 286 g/mol. The molecule has 1 aliphatic rings. The van der Waals surface area contributed by atoms with Crippen molar-refractivity contribution in [2.45, 2.75) is 6.92 Å². The van der Waals surface area contributed by atoms with E-state index < -0.39 is 5.91 Å². The number of nitrogens with zero attached hydrogens (tertiary/aromatic N) is 1. The Bertz CT molecular complexity index is 750. The van der Waals surface area contributed by atoms with Crippen molar-refractivity contribution in [2.75, 3.05) is 11.9 Å². The minimum Gasteiger partial charge on any atom is -0.482 e. The van der Waals surface area contributed by atoms with E-state index in [9.17, 15) is 9.59 Å². The van der Waals surface area contributed by atoms with Gasteiger partial charge in [0, 0.05) is 0 Å². The number of anilines is 1. The topological polar surface area (TPSA) is 92.9 Å². The fourth-order valence-corrected chi connectivity index (χ4v) is 1.97. The van der Waals surface area contributed by atoms with Crippen LogP contribution in [0.15, 0.2) is 46.1 Å². The number of carbonyl (C=O) groups is 2. The minimum atomic E-state index is -0.432. The van der Waals surface area contributed by atoms with E-state index in [-0.39, 0.29) is 18.3 Å². The fourth-order valence-electron chi connectivity index (χ4n) is 1.97. The third kappa shape index (κ3) is 2.83. The van der Waals surface area contributed by atoms with E-state index in [1.54, 1.807) is 37.3 Å². The third-order valence-corrected chi connectivity index (χ3v) is 3.10. The maximum absolute atomic E-state index is 11.7. The summed E-state index contributed by atoms with van der Waals surface area (Å²) < 4.78 is 10.3. The molecule has 7 nitrogen and oxygen atoms in total. The monoisotopic (exact) mass is 299 g/mol. The van der Waals surface area contributed by atoms with E-state index >= 15 is 0 Å². The van der Waals surface area contributed by atoms with Crippen LogP contribution in [0.2, 0.25) is 0 Å². The predicted molar refractivity (Wildman–Crippen MR) is 79.0 cm³/mol. The van der Waals surface area contributed by atoms with Crippen molar-refractivity contribution in [1.82, 2.24) is 5.43 Å². The number of benzene rings is 1. The highest BCUT2D eigenvalue weighted by molar-refractivity contribution is 6.03. The molecule has 0 radical (unpaired) electrons. The van der Waals surface area contributed by atoms with Crippen LogP contribution in [0, 0.1) is 0 Å². The van der Waals surface area contributed by atoms with Crippen molar-refractivity contribution < 1.29 is 18.7 Å². The lowest BCUT2D eigenvalue weighted by Gasteiger charge is -2.18. The highest BCUT2D eigenvalue weighted by Gasteiger charge is 2.16. The maximum Gasteiger partial charge on any atom is 0.307 e. The van der Waals surface area contributed by atoms with Crippen LogP contribution >= 0.6 is 0 Å². The van der Waals surface area contributed by atoms with E-state index in [0.29, 0.717) is 17.1 Å². The molecule has 0 saturated carbocycles. The summed E-state index contributed by atoms with van der Waals surface area (Å²) in [6.07, 6.45) is 1.41. The second kappa shape index (κ2) is 5.72. The smallest absolute Gasteiger partial charge is 0.307 e. The highest BCUT2D eigenvalue weighted by Crippen LogP contribution is 2.28. The van der Waals surface area contributed by atoms with Crippen molar-refractivity contribution in [2.24, 2.45) is 5.10 Å². The molecule has 0 saturated heterocycles. The molecule has 22 heavy (non-hydrogen) atoms. The second-order valence-electron chi connectivity index (χ2n) is 4.66. The fraction of sp³-hybridized carbons (Fsp3) is 0.133. The predicted octanol–water partition coefficient (Wildman–Crippen LogP) is 1.76. The number of hydrazone groups is 1. The van der Waals surface area contributed by atoms with Crippen LogP contribution in [0.4, 0.5) is 5.69 Å². The van der Waals surface area contributed by atoms with E-state index in [4.69, 9.17) is 9.15 Å². The molecular formula is C15H13N3O4. The molecule has 2 aromatic rings. The number of ether oxygens (including phenoxy) is 1. The van der Waals surface area contributed by atoms with Gasteiger partial charge >= 0.3 is 5.91 Å². The summed E-state index contributed by atoms with van der Waals surface area (Å²) in [5.41, 5.74) is 4.33. The summed E-state index contributed by atoms with van der Waals surface area (Å²) in [6.45, 7) is 1.76. The van der Waals surface area contributed by atoms with Crippen molar-refractivity contribution >= 4 is 23.2 Å². The van der Waals surface area contributed by atoms with E-state index in [2.05, 4.69) is 15.8 Å². The number of amides is 2. The zero-order valence-electron chi connectivity index (χ0n) is 11.8. The second-order valence-corrected chi connectivity index (χ2v) is 4.66. The summed E-state index contributed by atoms with van der Waals surface area (Å²) in [6, 6.07) is 8.46. The average molecular weight is 299 g/mol. The highest BCUT2D eigenvalue weighted by atomic mass is 16.5. The lowest BCUT2D eigenvalue weighted by Crippen LogP contribution is -2.25. The van der Waals surface area contributed by atoms with Crippen LogP contribution in [0.25, 0.3) is 0 Å². The molecule has 1 aromatic carbocycles. The Hall–Kier alpha value is -3.09. The molecule has 3 rings (SSSR count). The molecule has 1 aromatic heterocycles. The minimum absolute atomic E-state index is 0.0125. The zero-order valence-corrected chi connectivity index (χ0v) is 11.8. The molecule has 7 heteroatoms. The van der Waals surface area contributed by atoms with E-state index in [1.165, 1.54) is 6.26 Å². The number of fused-ring (bicyclic) bond motifs is 1. The Kier molecular flexibility index (Phi) is 3.61. The number of hydrogen-bond acceptors (Lipinski definition) is 5. The van der Waals surface area contributed by atoms with Gasteiger partial charge in [0.05, 0.1) is 17.7 Å². The van der Waals surface area contributed by atoms with Gasteiger partial charge in [-0.25, -0.2) is 5.43 Å². The van der Waals surface area contributed by atoms with Crippen molar-refractivity contribution in [3.8, 4) is 5.75 Å². The Labute approximate surface area is 126 Å². The first kappa shape index (κ1) is 13.9. The lowest BCUT2D eigenvalue weighted by molar-refractivity contribution is -0.118. The first-order valence-electron chi connectivity index (χ1n) is 6.59. The molecule has 2 heterocycles. The Morgan fingerprint density at radius 2 is 2.23 bits per heavy atom. The number of rotatable bonds is 3. The summed E-state index contributed by atoms with van der Waals surface area (Å²) in [7, 11) is 0. The quantitative estimate of drug-likeness (QED) is 0.667. The molecule has 0 bridgehead atoms. The van der Waals surface area contributed by atoms with Gasteiger partial charge in [0.2, 0.25) is 0 Å². The van der Waals surface area contributed by atoms with Crippen LogP contribution in [-0.2, 0) is 4.79 Å². The van der Waals surface area contributed by atoms with Crippen LogP contribution in [0.3, 0.4) is 0 Å². The Morgan fingerprint density at radius 1 is 1.36 bits per heavy atom. The SMILES string of the molecule is C/C(=N/NC(=O)c1ccco1)c1ccc2c(c1)NC(=O)CO2. The molecule has 0 spiro atoms. The average Bonchev–Trinajstić information content (AvgIpc) is 3.06. The van der Waals surface area contributed by atoms with Gasteiger partial charge in [0.1, 0.15) is 5.75 Å². The number of hydrogen-bond donors (Lipinski definition) is 2. The first-order valence-corrected chi connectivity index (χ1v) is 6.59. The standard InChI is InChI=1S/C15H13N3O4/c1-9(17-18-15(20)13-3-2-6-21-13)10-4-5-12-11(7-10)16-14(19)8-22-12/h2-7H,8H2,1H3,(H,16,19)(H,18,20)/b17-9-. The number of furan rings is 1. The number of nitrogens with one attached hydrogen (secondary N) is 2. The van der Waals surface area contributed by atoms with Gasteiger partial charge in [-0.2, -0.15) is 5.10 Å². The van der Waals surface area contributed by atoms with E-state index in [1.807, 2.05) is 0 Å². The maximum atomic E-state index is 11.7. The van der Waals surface area contributed by atoms with Gasteiger partial charge in [0.25, 0.3) is 5.91 Å². The molecule has 0 unspecified atom stereocenters. The summed E-state index contributed by atoms with van der Waals surface area (Å²) >= 11 is 0. The molecule has 2 N–H and O–H groups in total. The Balaban J connectivity index is 1.76. The van der Waals surface area contributed by atoms with Gasteiger partial charge in [-0.15, -0.1) is 0 Å². The molecule has 0 fully saturated rings. The normalized spacial score (nSPS) is 13.9. The van der Waals surface area contributed by atoms with Gasteiger partial charge < -0.3 is 14.5 Å². The third-order valence-electron chi connectivity index (χ3n) is 3.10. The van der Waals surface area contributed by atoms with E-state index in [0.717, 1.165) is 5.56 Å².